The molecule has 0 N–H and O–H groups in total. The highest BCUT2D eigenvalue weighted by Gasteiger charge is 2.19. The molecule has 0 radical (unpaired) electrons. The SMILES string of the molecule is CC/C=C\C/C=C\C/C=C\C/C=C\C/C=C\CCCCCC(=O)OCC(COC(=O)CCCCCCCCC)OC(=O)CCCCCCCCC. The molecule has 1 atom stereocenters. The lowest BCUT2D eigenvalue weighted by Gasteiger charge is -2.18. The summed E-state index contributed by atoms with van der Waals surface area (Å²) in [5.41, 5.74) is 0. The van der Waals surface area contributed by atoms with Gasteiger partial charge in [0.2, 0.25) is 0 Å². The second-order valence-electron chi connectivity index (χ2n) is 13.5. The number of carbonyl (C=O) groups is 3. The number of hydrogen-bond donors (Lipinski definition) is 0. The first-order valence-electron chi connectivity index (χ1n) is 20.8. The molecule has 0 aromatic carbocycles. The Balaban J connectivity index is 4.29. The largest absolute Gasteiger partial charge is 0.462 e. The first-order chi connectivity index (χ1) is 25.0. The van der Waals surface area contributed by atoms with Crippen molar-refractivity contribution in [2.75, 3.05) is 13.2 Å². The first-order valence-corrected chi connectivity index (χ1v) is 20.8. The van der Waals surface area contributed by atoms with E-state index in [9.17, 15) is 14.4 Å². The first kappa shape index (κ1) is 48.1. The van der Waals surface area contributed by atoms with Crippen LogP contribution < -0.4 is 0 Å². The minimum absolute atomic E-state index is 0.0847. The normalized spacial score (nSPS) is 12.6. The molecule has 0 saturated heterocycles. The number of hydrogen-bond acceptors (Lipinski definition) is 6. The quantitative estimate of drug-likeness (QED) is 0.0278. The predicted octanol–water partition coefficient (Wildman–Crippen LogP) is 13.0. The van der Waals surface area contributed by atoms with Crippen molar-refractivity contribution in [3.63, 3.8) is 0 Å². The summed E-state index contributed by atoms with van der Waals surface area (Å²) in [7, 11) is 0. The summed E-state index contributed by atoms with van der Waals surface area (Å²) in [5, 5.41) is 0. The molecule has 292 valence electrons. The van der Waals surface area contributed by atoms with Gasteiger partial charge in [-0.05, 0) is 64.2 Å². The van der Waals surface area contributed by atoms with Crippen molar-refractivity contribution in [3.8, 4) is 0 Å². The van der Waals surface area contributed by atoms with Gasteiger partial charge in [0.1, 0.15) is 13.2 Å². The lowest BCUT2D eigenvalue weighted by molar-refractivity contribution is -0.167. The molecule has 0 bridgehead atoms. The van der Waals surface area contributed by atoms with E-state index in [1.807, 2.05) is 0 Å². The summed E-state index contributed by atoms with van der Waals surface area (Å²) in [6, 6.07) is 0. The highest BCUT2D eigenvalue weighted by Crippen LogP contribution is 2.12. The molecule has 0 aliphatic heterocycles. The van der Waals surface area contributed by atoms with Crippen molar-refractivity contribution in [1.82, 2.24) is 0 Å². The average molecular weight is 713 g/mol. The van der Waals surface area contributed by atoms with Gasteiger partial charge in [0, 0.05) is 19.3 Å². The summed E-state index contributed by atoms with van der Waals surface area (Å²) in [6.07, 6.45) is 46.6. The lowest BCUT2D eigenvalue weighted by Crippen LogP contribution is -2.30. The molecule has 6 heteroatoms. The Labute approximate surface area is 313 Å². The van der Waals surface area contributed by atoms with Gasteiger partial charge in [0.05, 0.1) is 0 Å². The number of unbranched alkanes of at least 4 members (excludes halogenated alkanes) is 15. The molecule has 0 aliphatic rings. The Morgan fingerprint density at radius 3 is 1.20 bits per heavy atom. The van der Waals surface area contributed by atoms with E-state index in [4.69, 9.17) is 14.2 Å². The number of ether oxygens (including phenoxy) is 3. The fourth-order valence-corrected chi connectivity index (χ4v) is 5.41. The van der Waals surface area contributed by atoms with Crippen LogP contribution in [0.1, 0.15) is 188 Å². The Morgan fingerprint density at radius 1 is 0.412 bits per heavy atom. The molecule has 6 nitrogen and oxygen atoms in total. The van der Waals surface area contributed by atoms with Gasteiger partial charge in [0.25, 0.3) is 0 Å². The molecule has 0 amide bonds. The van der Waals surface area contributed by atoms with Gasteiger partial charge in [-0.3, -0.25) is 14.4 Å². The molecule has 0 fully saturated rings. The van der Waals surface area contributed by atoms with Gasteiger partial charge in [-0.2, -0.15) is 0 Å². The van der Waals surface area contributed by atoms with Gasteiger partial charge >= 0.3 is 17.9 Å². The van der Waals surface area contributed by atoms with Gasteiger partial charge in [-0.15, -0.1) is 0 Å². The maximum atomic E-state index is 12.5. The number of rotatable bonds is 36. The van der Waals surface area contributed by atoms with Crippen molar-refractivity contribution in [2.45, 2.75) is 194 Å². The van der Waals surface area contributed by atoms with Crippen LogP contribution in [0.15, 0.2) is 60.8 Å². The molecule has 1 unspecified atom stereocenters. The summed E-state index contributed by atoms with van der Waals surface area (Å²) >= 11 is 0. The van der Waals surface area contributed by atoms with E-state index in [1.165, 1.54) is 51.4 Å². The number of allylic oxidation sites excluding steroid dienone is 10. The second kappa shape index (κ2) is 39.9. The Hall–Kier alpha value is -2.89. The van der Waals surface area contributed by atoms with E-state index in [0.717, 1.165) is 96.3 Å². The zero-order valence-corrected chi connectivity index (χ0v) is 33.1. The van der Waals surface area contributed by atoms with E-state index in [2.05, 4.69) is 81.5 Å². The summed E-state index contributed by atoms with van der Waals surface area (Å²) in [6.45, 7) is 6.38. The van der Waals surface area contributed by atoms with Crippen LogP contribution >= 0.6 is 0 Å². The van der Waals surface area contributed by atoms with Crippen molar-refractivity contribution >= 4 is 17.9 Å². The molecular formula is C45H76O6. The number of esters is 3. The van der Waals surface area contributed by atoms with Gasteiger partial charge < -0.3 is 14.2 Å². The minimum Gasteiger partial charge on any atom is -0.462 e. The fraction of sp³-hybridized carbons (Fsp3) is 0.711. The predicted molar refractivity (Wildman–Crippen MR) is 215 cm³/mol. The Kier molecular flexibility index (Phi) is 37.6. The highest BCUT2D eigenvalue weighted by atomic mass is 16.6. The average Bonchev–Trinajstić information content (AvgIpc) is 3.12. The zero-order chi connectivity index (χ0) is 37.3. The van der Waals surface area contributed by atoms with Crippen LogP contribution in [0.5, 0.6) is 0 Å². The third-order valence-electron chi connectivity index (χ3n) is 8.54. The van der Waals surface area contributed by atoms with Crippen molar-refractivity contribution in [1.29, 1.82) is 0 Å². The molecule has 0 aromatic rings. The fourth-order valence-electron chi connectivity index (χ4n) is 5.41. The van der Waals surface area contributed by atoms with Crippen LogP contribution in [0.3, 0.4) is 0 Å². The van der Waals surface area contributed by atoms with E-state index in [-0.39, 0.29) is 31.1 Å². The summed E-state index contributed by atoms with van der Waals surface area (Å²) in [5.74, 6) is -0.939. The smallest absolute Gasteiger partial charge is 0.306 e. The highest BCUT2D eigenvalue weighted by molar-refractivity contribution is 5.71. The molecule has 0 spiro atoms. The molecule has 0 heterocycles. The topological polar surface area (TPSA) is 78.9 Å². The third kappa shape index (κ3) is 38.2. The maximum Gasteiger partial charge on any atom is 0.306 e. The van der Waals surface area contributed by atoms with Gasteiger partial charge in [-0.25, -0.2) is 0 Å². The van der Waals surface area contributed by atoms with E-state index < -0.39 is 6.10 Å². The number of carbonyl (C=O) groups excluding carboxylic acids is 3. The summed E-state index contributed by atoms with van der Waals surface area (Å²) < 4.78 is 16.5. The van der Waals surface area contributed by atoms with Crippen LogP contribution in [0.4, 0.5) is 0 Å². The van der Waals surface area contributed by atoms with Crippen molar-refractivity contribution in [3.05, 3.63) is 60.8 Å². The molecule has 0 rings (SSSR count). The zero-order valence-electron chi connectivity index (χ0n) is 33.1. The molecule has 51 heavy (non-hydrogen) atoms. The van der Waals surface area contributed by atoms with E-state index in [1.54, 1.807) is 0 Å². The lowest BCUT2D eigenvalue weighted by atomic mass is 10.1. The van der Waals surface area contributed by atoms with E-state index >= 15 is 0 Å². The van der Waals surface area contributed by atoms with Crippen molar-refractivity contribution in [2.24, 2.45) is 0 Å². The minimum atomic E-state index is -0.778. The van der Waals surface area contributed by atoms with Crippen molar-refractivity contribution < 1.29 is 28.6 Å². The van der Waals surface area contributed by atoms with Gasteiger partial charge in [0.15, 0.2) is 6.10 Å². The maximum absolute atomic E-state index is 12.5. The molecule has 0 aliphatic carbocycles. The van der Waals surface area contributed by atoms with Crippen LogP contribution in [-0.4, -0.2) is 37.2 Å². The summed E-state index contributed by atoms with van der Waals surface area (Å²) in [4.78, 5) is 37.3. The van der Waals surface area contributed by atoms with Crippen LogP contribution in [0.2, 0.25) is 0 Å². The Morgan fingerprint density at radius 2 is 0.765 bits per heavy atom. The van der Waals surface area contributed by atoms with Gasteiger partial charge in [-0.1, -0.05) is 165 Å². The van der Waals surface area contributed by atoms with Crippen LogP contribution in [-0.2, 0) is 28.6 Å². The van der Waals surface area contributed by atoms with Crippen LogP contribution in [0, 0.1) is 0 Å². The standard InChI is InChI=1S/C45H76O6/c1-4-7-10-13-16-17-18-19-20-21-22-23-24-25-26-27-30-32-35-38-44(47)50-41-42(51-45(48)39-36-33-29-15-12-9-6-3)40-49-43(46)37-34-31-28-14-11-8-5-2/h7,10,16-17,19-20,22-23,25-26,42H,4-6,8-9,11-15,18,21,24,27-41H2,1-3H3/b10-7-,17-16-,20-19-,23-22-,26-25-. The Bertz CT molecular complexity index is 960. The third-order valence-corrected chi connectivity index (χ3v) is 8.54. The molecule has 0 aromatic heterocycles. The monoisotopic (exact) mass is 713 g/mol. The second-order valence-corrected chi connectivity index (χ2v) is 13.5. The van der Waals surface area contributed by atoms with Crippen LogP contribution in [0.25, 0.3) is 0 Å². The molecule has 0 saturated carbocycles. The van der Waals surface area contributed by atoms with E-state index in [0.29, 0.717) is 19.3 Å². The molecular weight excluding hydrogens is 636 g/mol.